The molecule has 5 N–H and O–H groups in total. The first-order valence-electron chi connectivity index (χ1n) is 9.39. The van der Waals surface area contributed by atoms with Crippen molar-refractivity contribution in [1.82, 2.24) is 10.2 Å². The molecule has 0 radical (unpaired) electrons. The van der Waals surface area contributed by atoms with E-state index in [4.69, 9.17) is 20.9 Å². The lowest BCUT2D eigenvalue weighted by Crippen LogP contribution is -2.55. The summed E-state index contributed by atoms with van der Waals surface area (Å²) in [4.78, 5) is 40.0. The molecule has 30 heavy (non-hydrogen) atoms. The van der Waals surface area contributed by atoms with Crippen molar-refractivity contribution in [3.8, 4) is 0 Å². The second kappa shape index (κ2) is 6.84. The van der Waals surface area contributed by atoms with Gasteiger partial charge in [0.25, 0.3) is 0 Å². The first kappa shape index (κ1) is 19.6. The van der Waals surface area contributed by atoms with Crippen LogP contribution in [0.4, 0.5) is 4.79 Å². The van der Waals surface area contributed by atoms with Crippen molar-refractivity contribution in [2.24, 2.45) is 17.4 Å². The van der Waals surface area contributed by atoms with E-state index in [9.17, 15) is 14.4 Å². The van der Waals surface area contributed by atoms with Crippen LogP contribution in [0.2, 0.25) is 0 Å². The Hall–Kier alpha value is -2.34. The minimum absolute atomic E-state index is 0.0559. The molecule has 1 amide bonds. The standard InChI is InChI=1S/C19H20N4O5S2/c1-27-19-9(6-28-18(21)26)12-14(23(19)5-10-17(19)22-10)15(24)8(13(20)16(12)25)7-30-11-3-2-4-29-11/h2-4,9-10,17,22H,5-7,20H2,1H3,(H2,21,26)/t9-,10+,17+,19-/m1/s1. The molecule has 4 aliphatic rings. The van der Waals surface area contributed by atoms with Crippen LogP contribution in [-0.2, 0) is 19.1 Å². The number of thioether (sulfide) groups is 1. The minimum Gasteiger partial charge on any atom is -0.449 e. The maximum absolute atomic E-state index is 13.5. The summed E-state index contributed by atoms with van der Waals surface area (Å²) < 4.78 is 12.0. The average Bonchev–Trinajstić information content (AvgIpc) is 3.08. The summed E-state index contributed by atoms with van der Waals surface area (Å²) in [5, 5.41) is 5.27. The highest BCUT2D eigenvalue weighted by Gasteiger charge is 2.72. The summed E-state index contributed by atoms with van der Waals surface area (Å²) in [5.74, 6) is -1.05. The Morgan fingerprint density at radius 2 is 2.23 bits per heavy atom. The third-order valence-corrected chi connectivity index (χ3v) is 8.34. The number of fused-ring (bicyclic) bond motifs is 4. The van der Waals surface area contributed by atoms with Crippen molar-refractivity contribution < 1.29 is 23.9 Å². The van der Waals surface area contributed by atoms with Crippen molar-refractivity contribution in [1.29, 1.82) is 0 Å². The van der Waals surface area contributed by atoms with Crippen LogP contribution in [0.15, 0.2) is 44.3 Å². The van der Waals surface area contributed by atoms with E-state index in [1.54, 1.807) is 11.3 Å². The maximum atomic E-state index is 13.5. The highest BCUT2D eigenvalue weighted by atomic mass is 32.2. The number of rotatable bonds is 6. The Morgan fingerprint density at radius 3 is 2.90 bits per heavy atom. The van der Waals surface area contributed by atoms with E-state index in [1.165, 1.54) is 18.9 Å². The van der Waals surface area contributed by atoms with Gasteiger partial charge in [0.2, 0.25) is 11.6 Å². The number of carbonyl (C=O) groups is 3. The van der Waals surface area contributed by atoms with Crippen LogP contribution in [0.1, 0.15) is 0 Å². The van der Waals surface area contributed by atoms with Crippen LogP contribution in [0.25, 0.3) is 0 Å². The fourth-order valence-electron chi connectivity index (χ4n) is 4.87. The lowest BCUT2D eigenvalue weighted by Gasteiger charge is -2.39. The predicted octanol–water partition coefficient (Wildman–Crippen LogP) is 0.183. The molecule has 0 unspecified atom stereocenters. The van der Waals surface area contributed by atoms with E-state index in [2.05, 4.69) is 5.32 Å². The molecule has 11 heteroatoms. The number of methoxy groups -OCH3 is 1. The normalized spacial score (nSPS) is 31.8. The van der Waals surface area contributed by atoms with Crippen LogP contribution in [-0.4, -0.2) is 66.4 Å². The molecule has 9 nitrogen and oxygen atoms in total. The number of hydrogen-bond acceptors (Lipinski definition) is 10. The average molecular weight is 449 g/mol. The smallest absolute Gasteiger partial charge is 0.404 e. The SMILES string of the molecule is CO[C@@]12[C@H](COC(N)=O)C3=C(C(=O)C(CSc4cccs4)=C(N)C3=O)N1C[C@@H]1N[C@@H]12. The molecule has 4 heterocycles. The van der Waals surface area contributed by atoms with Gasteiger partial charge in [0.15, 0.2) is 5.72 Å². The Balaban J connectivity index is 1.52. The lowest BCUT2D eigenvalue weighted by atomic mass is 9.82. The number of piperazine rings is 1. The van der Waals surface area contributed by atoms with Gasteiger partial charge in [-0.3, -0.25) is 9.59 Å². The van der Waals surface area contributed by atoms with Gasteiger partial charge in [-0.1, -0.05) is 6.07 Å². The zero-order valence-corrected chi connectivity index (χ0v) is 17.7. The molecule has 1 aliphatic carbocycles. The number of nitrogens with two attached hydrogens (primary N) is 2. The first-order valence-corrected chi connectivity index (χ1v) is 11.3. The highest BCUT2D eigenvalue weighted by molar-refractivity contribution is 8.01. The van der Waals surface area contributed by atoms with Gasteiger partial charge in [0.1, 0.15) is 6.61 Å². The van der Waals surface area contributed by atoms with Crippen LogP contribution < -0.4 is 16.8 Å². The quantitative estimate of drug-likeness (QED) is 0.315. The zero-order chi connectivity index (χ0) is 21.2. The second-order valence-corrected chi connectivity index (χ2v) is 9.76. The summed E-state index contributed by atoms with van der Waals surface area (Å²) >= 11 is 3.03. The van der Waals surface area contributed by atoms with Crippen molar-refractivity contribution in [3.63, 3.8) is 0 Å². The van der Waals surface area contributed by atoms with Crippen LogP contribution in [0.3, 0.4) is 0 Å². The number of nitrogens with one attached hydrogen (secondary N) is 1. The Kier molecular flexibility index (Phi) is 4.47. The molecule has 2 fully saturated rings. The molecule has 158 valence electrons. The van der Waals surface area contributed by atoms with Crippen LogP contribution in [0.5, 0.6) is 0 Å². The maximum Gasteiger partial charge on any atom is 0.404 e. The van der Waals surface area contributed by atoms with E-state index in [0.29, 0.717) is 23.6 Å². The van der Waals surface area contributed by atoms with Crippen molar-refractivity contribution in [3.05, 3.63) is 40.1 Å². The van der Waals surface area contributed by atoms with Crippen LogP contribution >= 0.6 is 23.1 Å². The van der Waals surface area contributed by atoms with Gasteiger partial charge < -0.3 is 31.2 Å². The number of primary amides is 1. The number of allylic oxidation sites excluding steroid dienone is 2. The largest absolute Gasteiger partial charge is 0.449 e. The lowest BCUT2D eigenvalue weighted by molar-refractivity contribution is -0.137. The summed E-state index contributed by atoms with van der Waals surface area (Å²) in [6.45, 7) is 0.351. The summed E-state index contributed by atoms with van der Waals surface area (Å²) in [7, 11) is 1.53. The highest BCUT2D eigenvalue weighted by Crippen LogP contribution is 2.55. The molecule has 0 saturated carbocycles. The number of ether oxygens (including phenoxy) is 2. The monoisotopic (exact) mass is 448 g/mol. The van der Waals surface area contributed by atoms with Gasteiger partial charge in [-0.15, -0.1) is 23.1 Å². The van der Waals surface area contributed by atoms with E-state index >= 15 is 0 Å². The minimum atomic E-state index is -0.993. The molecular formula is C19H20N4O5S2. The van der Waals surface area contributed by atoms with E-state index in [0.717, 1.165) is 4.21 Å². The number of thiophene rings is 1. The summed E-state index contributed by atoms with van der Waals surface area (Å²) in [5.41, 5.74) is 11.1. The number of Topliss-reactive ketones (excluding diaryl/α,β-unsaturated/α-hetero) is 2. The van der Waals surface area contributed by atoms with Crippen molar-refractivity contribution >= 4 is 40.8 Å². The molecule has 2 saturated heterocycles. The number of ketones is 2. The Morgan fingerprint density at radius 1 is 1.43 bits per heavy atom. The van der Waals surface area contributed by atoms with Gasteiger partial charge in [-0.05, 0) is 11.4 Å². The summed E-state index contributed by atoms with van der Waals surface area (Å²) in [6, 6.07) is 3.94. The van der Waals surface area contributed by atoms with Gasteiger partial charge >= 0.3 is 6.09 Å². The Bertz CT molecular complexity index is 1020. The van der Waals surface area contributed by atoms with Gasteiger partial charge in [-0.25, -0.2) is 4.79 Å². The third-order valence-electron chi connectivity index (χ3n) is 6.18. The first-order chi connectivity index (χ1) is 14.4. The predicted molar refractivity (Wildman–Crippen MR) is 109 cm³/mol. The molecule has 1 aromatic heterocycles. The third kappa shape index (κ3) is 2.59. The van der Waals surface area contributed by atoms with Crippen molar-refractivity contribution in [2.75, 3.05) is 26.0 Å². The van der Waals surface area contributed by atoms with Gasteiger partial charge in [0, 0.05) is 36.6 Å². The van der Waals surface area contributed by atoms with Gasteiger partial charge in [0.05, 0.1) is 27.6 Å². The molecule has 4 atom stereocenters. The van der Waals surface area contributed by atoms with E-state index in [1.807, 2.05) is 22.4 Å². The molecule has 5 rings (SSSR count). The fraction of sp³-hybridized carbons (Fsp3) is 0.421. The van der Waals surface area contributed by atoms with E-state index in [-0.39, 0.29) is 35.7 Å². The topological polar surface area (TPSA) is 147 Å². The number of carbonyl (C=O) groups excluding carboxylic acids is 3. The molecular weight excluding hydrogens is 428 g/mol. The van der Waals surface area contributed by atoms with E-state index < -0.39 is 23.5 Å². The number of nitrogens with zero attached hydrogens (tertiary/aromatic N) is 1. The Labute approximate surface area is 180 Å². The van der Waals surface area contributed by atoms with Gasteiger partial charge in [-0.2, -0.15) is 0 Å². The summed E-state index contributed by atoms with van der Waals surface area (Å²) in [6.07, 6.45) is -0.953. The molecule has 1 aromatic rings. The second-order valence-electron chi connectivity index (χ2n) is 7.53. The number of amides is 1. The molecule has 0 bridgehead atoms. The van der Waals surface area contributed by atoms with Crippen LogP contribution in [0, 0.1) is 5.92 Å². The zero-order valence-electron chi connectivity index (χ0n) is 16.0. The fourth-order valence-corrected chi connectivity index (χ4v) is 6.69. The number of hydrogen-bond donors (Lipinski definition) is 3. The molecule has 0 spiro atoms. The molecule has 3 aliphatic heterocycles. The van der Waals surface area contributed by atoms with Crippen molar-refractivity contribution in [2.45, 2.75) is 22.0 Å². The molecule has 0 aromatic carbocycles.